The lowest BCUT2D eigenvalue weighted by molar-refractivity contribution is -0.117. The maximum atomic E-state index is 13.9. The van der Waals surface area contributed by atoms with Gasteiger partial charge in [-0.2, -0.15) is 0 Å². The third-order valence-electron chi connectivity index (χ3n) is 4.10. The number of nitrogens with one attached hydrogen (secondary N) is 1. The zero-order chi connectivity index (χ0) is 19.3. The first-order valence-corrected chi connectivity index (χ1v) is 8.02. The molecular formula is C19H22F2N2O3. The quantitative estimate of drug-likeness (QED) is 0.815. The zero-order valence-electron chi connectivity index (χ0n) is 15.2. The first-order chi connectivity index (χ1) is 12.3. The molecule has 0 heterocycles. The summed E-state index contributed by atoms with van der Waals surface area (Å²) < 4.78 is 37.6. The lowest BCUT2D eigenvalue weighted by atomic mass is 10.1. The minimum absolute atomic E-state index is 0.00333. The van der Waals surface area contributed by atoms with Crippen molar-refractivity contribution in [2.45, 2.75) is 13.0 Å². The maximum Gasteiger partial charge on any atom is 0.238 e. The van der Waals surface area contributed by atoms with Crippen molar-refractivity contribution < 1.29 is 23.0 Å². The predicted molar refractivity (Wildman–Crippen MR) is 95.6 cm³/mol. The van der Waals surface area contributed by atoms with Gasteiger partial charge in [0.25, 0.3) is 0 Å². The highest BCUT2D eigenvalue weighted by Gasteiger charge is 2.19. The van der Waals surface area contributed by atoms with Gasteiger partial charge >= 0.3 is 0 Å². The molecule has 26 heavy (non-hydrogen) atoms. The van der Waals surface area contributed by atoms with Crippen LogP contribution in [-0.2, 0) is 4.79 Å². The first kappa shape index (κ1) is 19.7. The highest BCUT2D eigenvalue weighted by atomic mass is 19.1. The average Bonchev–Trinajstić information content (AvgIpc) is 2.62. The molecular weight excluding hydrogens is 342 g/mol. The Morgan fingerprint density at radius 2 is 1.73 bits per heavy atom. The average molecular weight is 364 g/mol. The summed E-state index contributed by atoms with van der Waals surface area (Å²) in [6, 6.07) is 7.83. The largest absolute Gasteiger partial charge is 0.497 e. The number of hydrogen-bond acceptors (Lipinski definition) is 4. The molecule has 0 aliphatic rings. The lowest BCUT2D eigenvalue weighted by Gasteiger charge is -2.25. The number of nitrogens with zero attached hydrogens (tertiary/aromatic N) is 1. The van der Waals surface area contributed by atoms with Crippen LogP contribution in [0.5, 0.6) is 11.5 Å². The van der Waals surface area contributed by atoms with E-state index >= 15 is 0 Å². The fraction of sp³-hybridized carbons (Fsp3) is 0.316. The second kappa shape index (κ2) is 8.62. The molecule has 0 radical (unpaired) electrons. The fourth-order valence-electron chi connectivity index (χ4n) is 2.52. The van der Waals surface area contributed by atoms with Crippen LogP contribution in [0.2, 0.25) is 0 Å². The molecule has 1 amide bonds. The molecule has 0 saturated heterocycles. The standard InChI is InChI=1S/C19H22F2N2O3/c1-12(17-7-13(20)5-6-18(17)21)23(2)11-19(24)22-14-8-15(25-3)10-16(9-14)26-4/h5-10,12H,11H2,1-4H3,(H,22,24). The van der Waals surface area contributed by atoms with Gasteiger partial charge in [-0.15, -0.1) is 0 Å². The van der Waals surface area contributed by atoms with Gasteiger partial charge in [0.05, 0.1) is 20.8 Å². The molecule has 2 rings (SSSR count). The van der Waals surface area contributed by atoms with Crippen LogP contribution in [0.1, 0.15) is 18.5 Å². The Morgan fingerprint density at radius 1 is 1.12 bits per heavy atom. The molecule has 0 fully saturated rings. The molecule has 0 aliphatic heterocycles. The summed E-state index contributed by atoms with van der Waals surface area (Å²) in [7, 11) is 4.70. The molecule has 2 aromatic rings. The highest BCUT2D eigenvalue weighted by molar-refractivity contribution is 5.92. The Hall–Kier alpha value is -2.67. The second-order valence-corrected chi connectivity index (χ2v) is 5.91. The van der Waals surface area contributed by atoms with E-state index in [1.807, 2.05) is 0 Å². The van der Waals surface area contributed by atoms with E-state index in [0.29, 0.717) is 17.2 Å². The smallest absolute Gasteiger partial charge is 0.238 e. The number of rotatable bonds is 7. The van der Waals surface area contributed by atoms with Crippen LogP contribution in [0.4, 0.5) is 14.5 Å². The van der Waals surface area contributed by atoms with E-state index in [9.17, 15) is 13.6 Å². The van der Waals surface area contributed by atoms with E-state index in [1.54, 1.807) is 37.1 Å². The number of amides is 1. The summed E-state index contributed by atoms with van der Waals surface area (Å²) in [6.07, 6.45) is 0. The highest BCUT2D eigenvalue weighted by Crippen LogP contribution is 2.26. The van der Waals surface area contributed by atoms with Crippen molar-refractivity contribution in [3.05, 3.63) is 53.6 Å². The van der Waals surface area contributed by atoms with Crippen molar-refractivity contribution in [1.82, 2.24) is 4.90 Å². The summed E-state index contributed by atoms with van der Waals surface area (Å²) >= 11 is 0. The summed E-state index contributed by atoms with van der Waals surface area (Å²) in [6.45, 7) is 1.70. The van der Waals surface area contributed by atoms with Gasteiger partial charge < -0.3 is 14.8 Å². The van der Waals surface area contributed by atoms with Crippen LogP contribution in [0.3, 0.4) is 0 Å². The van der Waals surface area contributed by atoms with Crippen molar-refractivity contribution in [1.29, 1.82) is 0 Å². The molecule has 5 nitrogen and oxygen atoms in total. The lowest BCUT2D eigenvalue weighted by Crippen LogP contribution is -2.32. The van der Waals surface area contributed by atoms with Crippen LogP contribution in [-0.4, -0.2) is 38.6 Å². The topological polar surface area (TPSA) is 50.8 Å². The molecule has 0 saturated carbocycles. The number of carbonyl (C=O) groups is 1. The Balaban J connectivity index is 2.06. The van der Waals surface area contributed by atoms with E-state index in [4.69, 9.17) is 9.47 Å². The summed E-state index contributed by atoms with van der Waals surface area (Å²) in [5.41, 5.74) is 0.715. The minimum atomic E-state index is -0.519. The van der Waals surface area contributed by atoms with Crippen LogP contribution in [0, 0.1) is 11.6 Å². The van der Waals surface area contributed by atoms with Crippen LogP contribution >= 0.6 is 0 Å². The van der Waals surface area contributed by atoms with Gasteiger partial charge in [0.2, 0.25) is 5.91 Å². The number of hydrogen-bond donors (Lipinski definition) is 1. The Bertz CT molecular complexity index is 761. The normalized spacial score (nSPS) is 12.0. The molecule has 140 valence electrons. The van der Waals surface area contributed by atoms with E-state index in [-0.39, 0.29) is 18.0 Å². The summed E-state index contributed by atoms with van der Waals surface area (Å²) in [4.78, 5) is 13.9. The van der Waals surface area contributed by atoms with Crippen LogP contribution < -0.4 is 14.8 Å². The third-order valence-corrected chi connectivity index (χ3v) is 4.10. The molecule has 2 aromatic carbocycles. The SMILES string of the molecule is COc1cc(NC(=O)CN(C)C(C)c2cc(F)ccc2F)cc(OC)c1. The van der Waals surface area contributed by atoms with Gasteiger partial charge in [0.15, 0.2) is 0 Å². The molecule has 7 heteroatoms. The number of methoxy groups -OCH3 is 2. The van der Waals surface area contributed by atoms with E-state index in [1.165, 1.54) is 14.2 Å². The molecule has 0 bridgehead atoms. The van der Waals surface area contributed by atoms with Crippen molar-refractivity contribution in [2.75, 3.05) is 33.1 Å². The Morgan fingerprint density at radius 3 is 2.31 bits per heavy atom. The van der Waals surface area contributed by atoms with E-state index < -0.39 is 17.7 Å². The number of ether oxygens (including phenoxy) is 2. The summed E-state index contributed by atoms with van der Waals surface area (Å²) in [5.74, 6) is -0.240. The van der Waals surface area contributed by atoms with E-state index in [2.05, 4.69) is 5.32 Å². The predicted octanol–water partition coefficient (Wildman–Crippen LogP) is 3.61. The number of halogens is 2. The van der Waals surface area contributed by atoms with Gasteiger partial charge in [0, 0.05) is 35.5 Å². The maximum absolute atomic E-state index is 13.9. The number of anilines is 1. The molecule has 1 N–H and O–H groups in total. The second-order valence-electron chi connectivity index (χ2n) is 5.91. The van der Waals surface area contributed by atoms with Crippen LogP contribution in [0.15, 0.2) is 36.4 Å². The molecule has 1 unspecified atom stereocenters. The number of likely N-dealkylation sites (N-methyl/N-ethyl adjacent to an activating group) is 1. The molecule has 0 spiro atoms. The minimum Gasteiger partial charge on any atom is -0.497 e. The van der Waals surface area contributed by atoms with Gasteiger partial charge in [-0.25, -0.2) is 8.78 Å². The molecule has 1 atom stereocenters. The molecule has 0 aromatic heterocycles. The Kier molecular flexibility index (Phi) is 6.52. The fourth-order valence-corrected chi connectivity index (χ4v) is 2.52. The van der Waals surface area contributed by atoms with Gasteiger partial charge in [-0.1, -0.05) is 0 Å². The molecule has 0 aliphatic carbocycles. The van der Waals surface area contributed by atoms with Gasteiger partial charge in [-0.3, -0.25) is 9.69 Å². The van der Waals surface area contributed by atoms with Crippen molar-refractivity contribution in [2.24, 2.45) is 0 Å². The van der Waals surface area contributed by atoms with Crippen molar-refractivity contribution in [3.63, 3.8) is 0 Å². The number of carbonyl (C=O) groups excluding carboxylic acids is 1. The van der Waals surface area contributed by atoms with Crippen molar-refractivity contribution in [3.8, 4) is 11.5 Å². The van der Waals surface area contributed by atoms with Crippen molar-refractivity contribution >= 4 is 11.6 Å². The first-order valence-electron chi connectivity index (χ1n) is 8.02. The van der Waals surface area contributed by atoms with E-state index in [0.717, 1.165) is 18.2 Å². The third kappa shape index (κ3) is 4.92. The van der Waals surface area contributed by atoms with Gasteiger partial charge in [-0.05, 0) is 32.2 Å². The Labute approximate surface area is 151 Å². The zero-order valence-corrected chi connectivity index (χ0v) is 15.2. The van der Waals surface area contributed by atoms with Crippen LogP contribution in [0.25, 0.3) is 0 Å². The number of benzene rings is 2. The monoisotopic (exact) mass is 364 g/mol. The summed E-state index contributed by atoms with van der Waals surface area (Å²) in [5, 5.41) is 2.75. The van der Waals surface area contributed by atoms with Gasteiger partial charge in [0.1, 0.15) is 23.1 Å².